The lowest BCUT2D eigenvalue weighted by molar-refractivity contribution is -0.146. The van der Waals surface area contributed by atoms with Crippen LogP contribution in [0.5, 0.6) is 0 Å². The van der Waals surface area contributed by atoms with Crippen molar-refractivity contribution in [3.63, 3.8) is 0 Å². The van der Waals surface area contributed by atoms with Gasteiger partial charge in [-0.25, -0.2) is 4.79 Å². The summed E-state index contributed by atoms with van der Waals surface area (Å²) >= 11 is 0. The highest BCUT2D eigenvalue weighted by Gasteiger charge is 2.28. The largest absolute Gasteiger partial charge is 0.444 e. The van der Waals surface area contributed by atoms with Crippen molar-refractivity contribution in [2.24, 2.45) is 0 Å². The van der Waals surface area contributed by atoms with Crippen molar-refractivity contribution in [2.45, 2.75) is 162 Å². The minimum Gasteiger partial charge on any atom is -0.444 e. The van der Waals surface area contributed by atoms with Gasteiger partial charge >= 0.3 is 5.97 Å². The van der Waals surface area contributed by atoms with E-state index in [1.807, 2.05) is 6.92 Å². The average molecular weight is 474 g/mol. The summed E-state index contributed by atoms with van der Waals surface area (Å²) in [5, 5.41) is 3.58. The second-order valence-electron chi connectivity index (χ2n) is 9.66. The molecule has 4 heteroatoms. The fourth-order valence-corrected chi connectivity index (χ4v) is 4.44. The first kappa shape index (κ1) is 33.6. The van der Waals surface area contributed by atoms with E-state index >= 15 is 0 Å². The monoisotopic (exact) mass is 473 g/mol. The molecule has 0 aliphatic carbocycles. The summed E-state index contributed by atoms with van der Waals surface area (Å²) in [6.07, 6.45) is 23.9. The third-order valence-electron chi connectivity index (χ3n) is 6.75. The lowest BCUT2D eigenvalue weighted by atomic mass is 9.86. The van der Waals surface area contributed by atoms with Gasteiger partial charge in [0.05, 0.1) is 0 Å². The summed E-state index contributed by atoms with van der Waals surface area (Å²) in [4.78, 5) is 11.8. The van der Waals surface area contributed by atoms with E-state index < -0.39 is 0 Å². The molecule has 0 aromatic carbocycles. The third kappa shape index (κ3) is 18.0. The predicted octanol–water partition coefficient (Wildman–Crippen LogP) is 9.28. The first-order valence-electron chi connectivity index (χ1n) is 13.5. The number of hydrogen-bond donors (Lipinski definition) is 1. The van der Waals surface area contributed by atoms with Gasteiger partial charge in [-0.3, -0.25) is 5.32 Å². The highest BCUT2D eigenvalue weighted by Crippen LogP contribution is 2.25. The Labute approximate surface area is 207 Å². The second-order valence-corrected chi connectivity index (χ2v) is 9.66. The molecule has 0 saturated carbocycles. The van der Waals surface area contributed by atoms with E-state index in [1.54, 1.807) is 6.92 Å². The number of rotatable bonds is 22. The summed E-state index contributed by atoms with van der Waals surface area (Å²) in [6, 6.07) is 0. The fourth-order valence-electron chi connectivity index (χ4n) is 4.44. The molecule has 0 aromatic rings. The van der Waals surface area contributed by atoms with Crippen LogP contribution in [0.2, 0.25) is 0 Å². The molecule has 1 unspecified atom stereocenters. The molecular weight excluding hydrogens is 418 g/mol. The number of carbonyl (C=O) groups excluding carboxylic acids is 1. The number of hydrogen-bond acceptors (Lipinski definition) is 3. The van der Waals surface area contributed by atoms with Crippen molar-refractivity contribution >= 4 is 18.4 Å². The van der Waals surface area contributed by atoms with Gasteiger partial charge in [-0.2, -0.15) is 0 Å². The van der Waals surface area contributed by atoms with E-state index in [4.69, 9.17) is 4.74 Å². The Morgan fingerprint density at radius 1 is 0.781 bits per heavy atom. The van der Waals surface area contributed by atoms with E-state index in [9.17, 15) is 4.79 Å². The summed E-state index contributed by atoms with van der Waals surface area (Å²) in [5.74, 6) is -0.312. The summed E-state index contributed by atoms with van der Waals surface area (Å²) in [6.45, 7) is 14.0. The summed E-state index contributed by atoms with van der Waals surface area (Å²) in [7, 11) is 0. The standard InChI is InChI=1S/C28H55NO2.ClH/c1-7-10-11-12-13-14-15-16-17-18-19-20-21-22-23-24-28(8-2,9-3)29-26(6)31-27(30)25(4)5;/h26,29H,4,7-24H2,1-3,5-6H3;1H. The molecule has 0 bridgehead atoms. The van der Waals surface area contributed by atoms with Crippen LogP contribution >= 0.6 is 12.4 Å². The van der Waals surface area contributed by atoms with Crippen molar-refractivity contribution in [1.82, 2.24) is 5.32 Å². The Hall–Kier alpha value is -0.540. The van der Waals surface area contributed by atoms with Crippen LogP contribution < -0.4 is 5.32 Å². The smallest absolute Gasteiger partial charge is 0.334 e. The average Bonchev–Trinajstić information content (AvgIpc) is 2.75. The van der Waals surface area contributed by atoms with Crippen molar-refractivity contribution in [3.05, 3.63) is 12.2 Å². The van der Waals surface area contributed by atoms with Crippen LogP contribution in [0.3, 0.4) is 0 Å². The second kappa shape index (κ2) is 22.3. The Balaban J connectivity index is 0. The zero-order valence-corrected chi connectivity index (χ0v) is 23.1. The molecule has 1 atom stereocenters. The van der Waals surface area contributed by atoms with Crippen LogP contribution in [0.1, 0.15) is 150 Å². The van der Waals surface area contributed by atoms with Crippen molar-refractivity contribution in [3.8, 4) is 0 Å². The van der Waals surface area contributed by atoms with Crippen molar-refractivity contribution in [2.75, 3.05) is 0 Å². The van der Waals surface area contributed by atoms with Gasteiger partial charge in [0.2, 0.25) is 0 Å². The number of carbonyl (C=O) groups is 1. The number of ether oxygens (including phenoxy) is 1. The molecule has 0 rings (SSSR count). The van der Waals surface area contributed by atoms with Crippen LogP contribution in [-0.4, -0.2) is 17.7 Å². The number of halogens is 1. The Morgan fingerprint density at radius 2 is 1.16 bits per heavy atom. The van der Waals surface area contributed by atoms with Crippen molar-refractivity contribution < 1.29 is 9.53 Å². The Morgan fingerprint density at radius 3 is 1.50 bits per heavy atom. The lowest BCUT2D eigenvalue weighted by Gasteiger charge is -2.36. The first-order chi connectivity index (χ1) is 14.9. The maximum Gasteiger partial charge on any atom is 0.334 e. The molecule has 0 amide bonds. The van der Waals surface area contributed by atoms with E-state index in [-0.39, 0.29) is 30.1 Å². The summed E-state index contributed by atoms with van der Waals surface area (Å²) < 4.78 is 5.45. The third-order valence-corrected chi connectivity index (χ3v) is 6.75. The van der Waals surface area contributed by atoms with Crippen LogP contribution in [-0.2, 0) is 9.53 Å². The molecule has 0 aliphatic heterocycles. The molecule has 192 valence electrons. The molecule has 3 nitrogen and oxygen atoms in total. The van der Waals surface area contributed by atoms with Gasteiger partial charge in [-0.15, -0.1) is 12.4 Å². The highest BCUT2D eigenvalue weighted by atomic mass is 35.5. The molecule has 0 aliphatic rings. The topological polar surface area (TPSA) is 38.3 Å². The number of esters is 1. The van der Waals surface area contributed by atoms with Gasteiger partial charge in [-0.1, -0.05) is 124 Å². The predicted molar refractivity (Wildman–Crippen MR) is 144 cm³/mol. The molecule has 1 N–H and O–H groups in total. The lowest BCUT2D eigenvalue weighted by Crippen LogP contribution is -2.50. The van der Waals surface area contributed by atoms with E-state index in [1.165, 1.54) is 96.3 Å². The quantitative estimate of drug-likeness (QED) is 0.0736. The molecule has 0 radical (unpaired) electrons. The number of nitrogens with one attached hydrogen (secondary N) is 1. The van der Waals surface area contributed by atoms with E-state index in [0.29, 0.717) is 5.57 Å². The molecule has 0 saturated heterocycles. The fraction of sp³-hybridized carbons (Fsp3) is 0.893. The van der Waals surface area contributed by atoms with Crippen LogP contribution in [0.15, 0.2) is 12.2 Å². The van der Waals surface area contributed by atoms with Gasteiger partial charge in [-0.05, 0) is 33.1 Å². The Kier molecular flexibility index (Phi) is 23.4. The zero-order valence-electron chi connectivity index (χ0n) is 22.2. The van der Waals surface area contributed by atoms with Gasteiger partial charge < -0.3 is 4.74 Å². The van der Waals surface area contributed by atoms with Crippen molar-refractivity contribution in [1.29, 1.82) is 0 Å². The maximum absolute atomic E-state index is 11.8. The molecule has 32 heavy (non-hydrogen) atoms. The van der Waals surface area contributed by atoms with Gasteiger partial charge in [0.25, 0.3) is 0 Å². The van der Waals surface area contributed by atoms with Gasteiger partial charge in [0, 0.05) is 11.1 Å². The minimum absolute atomic E-state index is 0. The van der Waals surface area contributed by atoms with Crippen LogP contribution in [0.25, 0.3) is 0 Å². The van der Waals surface area contributed by atoms with Gasteiger partial charge in [0.15, 0.2) is 6.23 Å². The SMILES string of the molecule is C=C(C)C(=O)OC(C)NC(CC)(CC)CCCCCCCCCCCCCCCCC.Cl. The molecule has 0 heterocycles. The summed E-state index contributed by atoms with van der Waals surface area (Å²) in [5.41, 5.74) is 0.514. The minimum atomic E-state index is -0.312. The molecule has 0 aromatic heterocycles. The first-order valence-corrected chi connectivity index (χ1v) is 13.5. The van der Waals surface area contributed by atoms with Crippen LogP contribution in [0, 0.1) is 0 Å². The maximum atomic E-state index is 11.8. The van der Waals surface area contributed by atoms with Crippen LogP contribution in [0.4, 0.5) is 0 Å². The van der Waals surface area contributed by atoms with Gasteiger partial charge in [0.1, 0.15) is 0 Å². The highest BCUT2D eigenvalue weighted by molar-refractivity contribution is 5.87. The zero-order chi connectivity index (χ0) is 23.4. The number of unbranched alkanes of at least 4 members (excludes halogenated alkanes) is 14. The normalized spacial score (nSPS) is 12.3. The molecule has 0 fully saturated rings. The Bertz CT molecular complexity index is 449. The molecular formula is C28H56ClNO2. The molecule has 0 spiro atoms. The van der Waals surface area contributed by atoms with E-state index in [2.05, 4.69) is 32.7 Å². The van der Waals surface area contributed by atoms with E-state index in [0.717, 1.165) is 19.3 Å².